The van der Waals surface area contributed by atoms with Crippen LogP contribution in [0.5, 0.6) is 5.75 Å². The fourth-order valence-electron chi connectivity index (χ4n) is 3.23. The van der Waals surface area contributed by atoms with E-state index in [0.717, 1.165) is 37.9 Å². The minimum atomic E-state index is 0.0179. The lowest BCUT2D eigenvalue weighted by molar-refractivity contribution is -0.0946. The van der Waals surface area contributed by atoms with Gasteiger partial charge in [0, 0.05) is 38.8 Å². The molecule has 6 heteroatoms. The molecule has 1 aliphatic rings. The summed E-state index contributed by atoms with van der Waals surface area (Å²) in [5, 5.41) is 6.83. The largest absolute Gasteiger partial charge is 0.497 e. The molecule has 2 atom stereocenters. The van der Waals surface area contributed by atoms with Crippen LogP contribution in [0, 0.1) is 0 Å². The topological polar surface area (TPSA) is 58.1 Å². The van der Waals surface area contributed by atoms with E-state index in [9.17, 15) is 0 Å². The number of hydrogen-bond acceptors (Lipinski definition) is 4. The number of aliphatic imine (C=N–C) groups is 1. The lowest BCUT2D eigenvalue weighted by atomic mass is 10.00. The highest BCUT2D eigenvalue weighted by molar-refractivity contribution is 5.79. The Labute approximate surface area is 158 Å². The summed E-state index contributed by atoms with van der Waals surface area (Å²) in [7, 11) is 3.48. The first-order chi connectivity index (χ1) is 12.3. The molecule has 0 amide bonds. The highest BCUT2D eigenvalue weighted by Gasteiger charge is 2.33. The molecular weight excluding hydrogens is 328 g/mol. The molecule has 1 aromatic rings. The van der Waals surface area contributed by atoms with Gasteiger partial charge in [-0.1, -0.05) is 12.1 Å². The van der Waals surface area contributed by atoms with Gasteiger partial charge in [-0.3, -0.25) is 9.89 Å². The number of guanidine groups is 1. The quantitative estimate of drug-likeness (QED) is 0.600. The van der Waals surface area contributed by atoms with Crippen LogP contribution >= 0.6 is 0 Å². The summed E-state index contributed by atoms with van der Waals surface area (Å²) in [6.07, 6.45) is 0.538. The van der Waals surface area contributed by atoms with Gasteiger partial charge in [0.2, 0.25) is 0 Å². The predicted molar refractivity (Wildman–Crippen MR) is 107 cm³/mol. The Hall–Kier alpha value is -1.79. The summed E-state index contributed by atoms with van der Waals surface area (Å²) < 4.78 is 11.0. The predicted octanol–water partition coefficient (Wildman–Crippen LogP) is 2.25. The number of benzene rings is 1. The molecular formula is C20H34N4O2. The number of nitrogens with one attached hydrogen (secondary N) is 2. The summed E-state index contributed by atoms with van der Waals surface area (Å²) in [5.74, 6) is 1.68. The number of rotatable bonds is 6. The second-order valence-electron chi connectivity index (χ2n) is 7.60. The van der Waals surface area contributed by atoms with Crippen molar-refractivity contribution in [2.75, 3.05) is 33.8 Å². The van der Waals surface area contributed by atoms with Gasteiger partial charge in [-0.05, 0) is 45.4 Å². The first kappa shape index (κ1) is 20.5. The molecule has 0 aromatic heterocycles. The van der Waals surface area contributed by atoms with Crippen molar-refractivity contribution in [3.8, 4) is 5.75 Å². The molecule has 2 unspecified atom stereocenters. The molecule has 0 bridgehead atoms. The molecule has 1 heterocycles. The van der Waals surface area contributed by atoms with Crippen molar-refractivity contribution in [2.24, 2.45) is 4.99 Å². The normalized spacial score (nSPS) is 22.2. The van der Waals surface area contributed by atoms with E-state index >= 15 is 0 Å². The fourth-order valence-corrected chi connectivity index (χ4v) is 3.23. The third kappa shape index (κ3) is 5.88. The van der Waals surface area contributed by atoms with Gasteiger partial charge in [0.15, 0.2) is 5.96 Å². The minimum absolute atomic E-state index is 0.0179. The van der Waals surface area contributed by atoms with E-state index in [0.29, 0.717) is 0 Å². The monoisotopic (exact) mass is 362 g/mol. The first-order valence-corrected chi connectivity index (χ1v) is 9.32. The molecule has 146 valence electrons. The zero-order valence-corrected chi connectivity index (χ0v) is 17.0. The zero-order valence-electron chi connectivity index (χ0n) is 17.0. The first-order valence-electron chi connectivity index (χ1n) is 9.32. The van der Waals surface area contributed by atoms with Gasteiger partial charge in [-0.2, -0.15) is 0 Å². The molecule has 0 spiro atoms. The van der Waals surface area contributed by atoms with Gasteiger partial charge in [0.25, 0.3) is 0 Å². The molecule has 0 saturated carbocycles. The van der Waals surface area contributed by atoms with E-state index in [1.807, 2.05) is 12.1 Å². The molecule has 0 aliphatic carbocycles. The van der Waals surface area contributed by atoms with Gasteiger partial charge in [-0.15, -0.1) is 0 Å². The maximum Gasteiger partial charge on any atom is 0.191 e. The van der Waals surface area contributed by atoms with Crippen LogP contribution in [-0.4, -0.2) is 62.4 Å². The van der Waals surface area contributed by atoms with Crippen molar-refractivity contribution < 1.29 is 9.47 Å². The third-order valence-corrected chi connectivity index (χ3v) is 4.81. The summed E-state index contributed by atoms with van der Waals surface area (Å²) >= 11 is 0. The Morgan fingerprint density at radius 1 is 1.19 bits per heavy atom. The molecule has 2 N–H and O–H groups in total. The van der Waals surface area contributed by atoms with Crippen LogP contribution in [0.3, 0.4) is 0 Å². The van der Waals surface area contributed by atoms with Crippen LogP contribution in [0.15, 0.2) is 29.3 Å². The Morgan fingerprint density at radius 2 is 1.81 bits per heavy atom. The highest BCUT2D eigenvalue weighted by atomic mass is 16.5. The van der Waals surface area contributed by atoms with Crippen molar-refractivity contribution in [3.63, 3.8) is 0 Å². The van der Waals surface area contributed by atoms with Crippen LogP contribution in [-0.2, 0) is 11.3 Å². The van der Waals surface area contributed by atoms with Crippen molar-refractivity contribution in [1.82, 2.24) is 15.5 Å². The molecule has 0 radical (unpaired) electrons. The van der Waals surface area contributed by atoms with E-state index in [1.54, 1.807) is 14.2 Å². The van der Waals surface area contributed by atoms with Gasteiger partial charge < -0.3 is 20.1 Å². The van der Waals surface area contributed by atoms with E-state index in [2.05, 4.69) is 60.4 Å². The molecule has 6 nitrogen and oxygen atoms in total. The number of methoxy groups -OCH3 is 1. The second kappa shape index (κ2) is 9.24. The Bertz CT molecular complexity index is 576. The van der Waals surface area contributed by atoms with Crippen LogP contribution in [0.1, 0.15) is 33.3 Å². The van der Waals surface area contributed by atoms with Gasteiger partial charge in [0.05, 0.1) is 19.3 Å². The molecule has 2 rings (SSSR count). The summed E-state index contributed by atoms with van der Waals surface area (Å²) in [4.78, 5) is 6.84. The number of ether oxygens (including phenoxy) is 2. The zero-order chi connectivity index (χ0) is 19.2. The van der Waals surface area contributed by atoms with Crippen molar-refractivity contribution in [2.45, 2.75) is 52.0 Å². The highest BCUT2D eigenvalue weighted by Crippen LogP contribution is 2.20. The van der Waals surface area contributed by atoms with Crippen molar-refractivity contribution in [1.29, 1.82) is 0 Å². The number of nitrogens with zero attached hydrogens (tertiary/aromatic N) is 2. The Balaban J connectivity index is 1.84. The number of morpholine rings is 1. The van der Waals surface area contributed by atoms with Crippen LogP contribution in [0.4, 0.5) is 0 Å². The molecule has 26 heavy (non-hydrogen) atoms. The number of hydrogen-bond donors (Lipinski definition) is 2. The third-order valence-electron chi connectivity index (χ3n) is 4.81. The summed E-state index contributed by atoms with van der Waals surface area (Å²) in [6.45, 7) is 12.3. The molecule has 1 aromatic carbocycles. The van der Waals surface area contributed by atoms with Gasteiger partial charge >= 0.3 is 0 Å². The molecule has 1 saturated heterocycles. The summed E-state index contributed by atoms with van der Waals surface area (Å²) in [6, 6.07) is 8.05. The van der Waals surface area contributed by atoms with Gasteiger partial charge in [0.1, 0.15) is 5.75 Å². The lowest BCUT2D eigenvalue weighted by Gasteiger charge is -2.45. The fraction of sp³-hybridized carbons (Fsp3) is 0.650. The van der Waals surface area contributed by atoms with Crippen LogP contribution < -0.4 is 15.4 Å². The average molecular weight is 363 g/mol. The average Bonchev–Trinajstić information content (AvgIpc) is 2.61. The molecule has 1 fully saturated rings. The Kier molecular flexibility index (Phi) is 7.29. The van der Waals surface area contributed by atoms with E-state index in [1.165, 1.54) is 5.56 Å². The second-order valence-corrected chi connectivity index (χ2v) is 7.60. The smallest absolute Gasteiger partial charge is 0.191 e. The standard InChI is InChI=1S/C20H34N4O2/c1-15-12-24(13-16(2)26-15)20(3,4)14-23-19(21-5)22-11-17-7-9-18(25-6)10-8-17/h7-10,15-16H,11-14H2,1-6H3,(H2,21,22,23). The Morgan fingerprint density at radius 3 is 2.35 bits per heavy atom. The lowest BCUT2D eigenvalue weighted by Crippen LogP contribution is -2.59. The van der Waals surface area contributed by atoms with E-state index in [4.69, 9.17) is 9.47 Å². The van der Waals surface area contributed by atoms with Gasteiger partial charge in [-0.25, -0.2) is 0 Å². The van der Waals surface area contributed by atoms with E-state index < -0.39 is 0 Å². The van der Waals surface area contributed by atoms with Crippen LogP contribution in [0.2, 0.25) is 0 Å². The van der Waals surface area contributed by atoms with Crippen molar-refractivity contribution >= 4 is 5.96 Å². The minimum Gasteiger partial charge on any atom is -0.497 e. The SMILES string of the molecule is CN=C(NCc1ccc(OC)cc1)NCC(C)(C)N1CC(C)OC(C)C1. The van der Waals surface area contributed by atoms with Crippen LogP contribution in [0.25, 0.3) is 0 Å². The maximum absolute atomic E-state index is 5.86. The summed E-state index contributed by atoms with van der Waals surface area (Å²) in [5.41, 5.74) is 1.20. The maximum atomic E-state index is 5.86. The molecule has 1 aliphatic heterocycles. The van der Waals surface area contributed by atoms with Crippen molar-refractivity contribution in [3.05, 3.63) is 29.8 Å². The van der Waals surface area contributed by atoms with E-state index in [-0.39, 0.29) is 17.7 Å².